The van der Waals surface area contributed by atoms with Gasteiger partial charge in [0.1, 0.15) is 12.2 Å². The number of likely N-dealkylation sites (tertiary alicyclic amines) is 1. The van der Waals surface area contributed by atoms with Gasteiger partial charge in [-0.25, -0.2) is 0 Å². The van der Waals surface area contributed by atoms with E-state index in [-0.39, 0.29) is 17.9 Å². The minimum Gasteiger partial charge on any atom is -0.341 e. The number of amides is 1. The third-order valence-electron chi connectivity index (χ3n) is 3.76. The maximum Gasteiger partial charge on any atom is 0.239 e. The molecule has 1 unspecified atom stereocenters. The van der Waals surface area contributed by atoms with Crippen LogP contribution in [0.25, 0.3) is 0 Å². The predicted octanol–water partition coefficient (Wildman–Crippen LogP) is 0.648. The van der Waals surface area contributed by atoms with E-state index in [9.17, 15) is 4.79 Å². The third kappa shape index (κ3) is 3.12. The van der Waals surface area contributed by atoms with Gasteiger partial charge in [-0.15, -0.1) is 10.2 Å². The van der Waals surface area contributed by atoms with Crippen molar-refractivity contribution >= 4 is 5.91 Å². The van der Waals surface area contributed by atoms with Crippen LogP contribution >= 0.6 is 0 Å². The van der Waals surface area contributed by atoms with Gasteiger partial charge in [-0.1, -0.05) is 13.3 Å². The van der Waals surface area contributed by atoms with E-state index in [1.54, 1.807) is 6.33 Å². The zero-order chi connectivity index (χ0) is 13.8. The summed E-state index contributed by atoms with van der Waals surface area (Å²) < 4.78 is 1.94. The van der Waals surface area contributed by atoms with Crippen LogP contribution in [0.5, 0.6) is 0 Å². The van der Waals surface area contributed by atoms with E-state index in [0.29, 0.717) is 6.54 Å². The van der Waals surface area contributed by atoms with E-state index < -0.39 is 0 Å². The molecule has 106 valence electrons. The number of hydrogen-bond acceptors (Lipinski definition) is 4. The summed E-state index contributed by atoms with van der Waals surface area (Å²) in [4.78, 5) is 14.1. The number of carbonyl (C=O) groups excluding carboxylic acids is 1. The maximum absolute atomic E-state index is 12.2. The highest BCUT2D eigenvalue weighted by Crippen LogP contribution is 2.25. The van der Waals surface area contributed by atoms with Gasteiger partial charge in [-0.05, 0) is 19.3 Å². The van der Waals surface area contributed by atoms with Crippen LogP contribution in [0.3, 0.4) is 0 Å². The molecule has 0 aromatic carbocycles. The van der Waals surface area contributed by atoms with Gasteiger partial charge in [0.2, 0.25) is 5.91 Å². The van der Waals surface area contributed by atoms with Crippen molar-refractivity contribution in [2.45, 2.75) is 44.6 Å². The van der Waals surface area contributed by atoms with Crippen LogP contribution in [0, 0.1) is 0 Å². The number of hydrogen-bond donors (Lipinski definition) is 1. The minimum atomic E-state index is -0.358. The summed E-state index contributed by atoms with van der Waals surface area (Å²) in [6, 6.07) is -0.358. The largest absolute Gasteiger partial charge is 0.341 e. The standard InChI is InChI=1S/C13H23N5O/c1-3-5-11(14)13(19)18-7-4-6-10(8-18)12-16-15-9-17(12)2/h9-11H,3-8,14H2,1-2H3/t10?,11-/m1/s1. The Hall–Kier alpha value is -1.43. The molecule has 0 aliphatic carbocycles. The second kappa shape index (κ2) is 6.14. The Morgan fingerprint density at radius 1 is 1.63 bits per heavy atom. The Morgan fingerprint density at radius 3 is 3.05 bits per heavy atom. The molecular weight excluding hydrogens is 242 g/mol. The van der Waals surface area contributed by atoms with E-state index in [1.165, 1.54) is 0 Å². The summed E-state index contributed by atoms with van der Waals surface area (Å²) in [5.41, 5.74) is 5.93. The number of aromatic nitrogens is 3. The van der Waals surface area contributed by atoms with Crippen molar-refractivity contribution in [1.82, 2.24) is 19.7 Å². The number of nitrogens with zero attached hydrogens (tertiary/aromatic N) is 4. The summed E-state index contributed by atoms with van der Waals surface area (Å²) in [5, 5.41) is 8.07. The fraction of sp³-hybridized carbons (Fsp3) is 0.769. The highest BCUT2D eigenvalue weighted by Gasteiger charge is 2.29. The summed E-state index contributed by atoms with van der Waals surface area (Å²) in [5.74, 6) is 1.31. The van der Waals surface area contributed by atoms with Crippen LogP contribution in [-0.4, -0.2) is 44.7 Å². The van der Waals surface area contributed by atoms with E-state index in [1.807, 2.05) is 23.4 Å². The van der Waals surface area contributed by atoms with E-state index in [0.717, 1.165) is 38.1 Å². The predicted molar refractivity (Wildman–Crippen MR) is 72.4 cm³/mol. The normalized spacial score (nSPS) is 21.4. The Morgan fingerprint density at radius 2 is 2.42 bits per heavy atom. The molecule has 2 heterocycles. The molecule has 0 spiro atoms. The summed E-state index contributed by atoms with van der Waals surface area (Å²) >= 11 is 0. The molecular formula is C13H23N5O. The van der Waals surface area contributed by atoms with Crippen LogP contribution < -0.4 is 5.73 Å². The highest BCUT2D eigenvalue weighted by molar-refractivity contribution is 5.81. The lowest BCUT2D eigenvalue weighted by Gasteiger charge is -2.33. The minimum absolute atomic E-state index is 0.0775. The fourth-order valence-electron chi connectivity index (χ4n) is 2.72. The maximum atomic E-state index is 12.2. The second-order valence-electron chi connectivity index (χ2n) is 5.32. The second-order valence-corrected chi connectivity index (χ2v) is 5.32. The molecule has 1 saturated heterocycles. The SMILES string of the molecule is CCC[C@@H](N)C(=O)N1CCCC(c2nncn2C)C1. The molecule has 1 amide bonds. The van der Waals surface area contributed by atoms with Gasteiger partial charge in [-0.2, -0.15) is 0 Å². The first kappa shape index (κ1) is 14.0. The Kier molecular flexibility index (Phi) is 4.52. The molecule has 1 aliphatic rings. The van der Waals surface area contributed by atoms with Gasteiger partial charge < -0.3 is 15.2 Å². The molecule has 19 heavy (non-hydrogen) atoms. The molecule has 2 rings (SSSR count). The van der Waals surface area contributed by atoms with Crippen molar-refractivity contribution < 1.29 is 4.79 Å². The van der Waals surface area contributed by atoms with Gasteiger partial charge in [0.15, 0.2) is 0 Å². The summed E-state index contributed by atoms with van der Waals surface area (Å²) in [7, 11) is 1.94. The Labute approximate surface area is 114 Å². The molecule has 6 nitrogen and oxygen atoms in total. The number of aryl methyl sites for hydroxylation is 1. The number of rotatable bonds is 4. The first-order valence-corrected chi connectivity index (χ1v) is 7.01. The van der Waals surface area contributed by atoms with Crippen molar-refractivity contribution in [2.24, 2.45) is 12.8 Å². The van der Waals surface area contributed by atoms with Crippen LogP contribution in [0.1, 0.15) is 44.3 Å². The van der Waals surface area contributed by atoms with E-state index in [2.05, 4.69) is 10.2 Å². The Bertz CT molecular complexity index is 430. The molecule has 1 aliphatic heterocycles. The molecule has 0 radical (unpaired) electrons. The van der Waals surface area contributed by atoms with Gasteiger partial charge in [0, 0.05) is 26.1 Å². The van der Waals surface area contributed by atoms with Crippen molar-refractivity contribution in [3.8, 4) is 0 Å². The molecule has 1 fully saturated rings. The van der Waals surface area contributed by atoms with Crippen molar-refractivity contribution in [3.63, 3.8) is 0 Å². The quantitative estimate of drug-likeness (QED) is 0.867. The lowest BCUT2D eigenvalue weighted by atomic mass is 9.96. The van der Waals surface area contributed by atoms with Crippen molar-refractivity contribution in [3.05, 3.63) is 12.2 Å². The van der Waals surface area contributed by atoms with Crippen molar-refractivity contribution in [1.29, 1.82) is 0 Å². The van der Waals surface area contributed by atoms with Crippen molar-refractivity contribution in [2.75, 3.05) is 13.1 Å². The monoisotopic (exact) mass is 265 g/mol. The zero-order valence-corrected chi connectivity index (χ0v) is 11.7. The van der Waals surface area contributed by atoms with Gasteiger partial charge in [0.25, 0.3) is 0 Å². The van der Waals surface area contributed by atoms with Crippen LogP contribution in [0.15, 0.2) is 6.33 Å². The lowest BCUT2D eigenvalue weighted by Crippen LogP contribution is -2.47. The van der Waals surface area contributed by atoms with Crippen LogP contribution in [0.2, 0.25) is 0 Å². The first-order chi connectivity index (χ1) is 9.13. The number of nitrogens with two attached hydrogens (primary N) is 1. The van der Waals surface area contributed by atoms with E-state index >= 15 is 0 Å². The molecule has 0 saturated carbocycles. The zero-order valence-electron chi connectivity index (χ0n) is 11.7. The lowest BCUT2D eigenvalue weighted by molar-refractivity contribution is -0.134. The molecule has 0 bridgehead atoms. The van der Waals surface area contributed by atoms with E-state index in [4.69, 9.17) is 5.73 Å². The van der Waals surface area contributed by atoms with Crippen LogP contribution in [-0.2, 0) is 11.8 Å². The smallest absolute Gasteiger partial charge is 0.239 e. The highest BCUT2D eigenvalue weighted by atomic mass is 16.2. The van der Waals surface area contributed by atoms with Gasteiger partial charge in [0.05, 0.1) is 6.04 Å². The molecule has 1 aromatic heterocycles. The Balaban J connectivity index is 2.01. The third-order valence-corrected chi connectivity index (χ3v) is 3.76. The fourth-order valence-corrected chi connectivity index (χ4v) is 2.72. The number of carbonyl (C=O) groups is 1. The number of piperidine rings is 1. The van der Waals surface area contributed by atoms with Crippen LogP contribution in [0.4, 0.5) is 0 Å². The summed E-state index contributed by atoms with van der Waals surface area (Å²) in [6.07, 6.45) is 5.46. The average Bonchev–Trinajstić information content (AvgIpc) is 2.84. The molecule has 2 atom stereocenters. The summed E-state index contributed by atoms with van der Waals surface area (Å²) in [6.45, 7) is 3.57. The average molecular weight is 265 g/mol. The molecule has 6 heteroatoms. The van der Waals surface area contributed by atoms with Gasteiger partial charge >= 0.3 is 0 Å². The topological polar surface area (TPSA) is 77.0 Å². The molecule has 1 aromatic rings. The molecule has 2 N–H and O–H groups in total. The first-order valence-electron chi connectivity index (χ1n) is 7.01. The van der Waals surface area contributed by atoms with Gasteiger partial charge in [-0.3, -0.25) is 4.79 Å².